The van der Waals surface area contributed by atoms with E-state index in [-0.39, 0.29) is 0 Å². The molecule has 0 saturated heterocycles. The molecule has 0 atom stereocenters. The van der Waals surface area contributed by atoms with Gasteiger partial charge in [0.1, 0.15) is 0 Å². The van der Waals surface area contributed by atoms with Gasteiger partial charge in [-0.2, -0.15) is 0 Å². The first-order valence-corrected chi connectivity index (χ1v) is 21.3. The van der Waals surface area contributed by atoms with Gasteiger partial charge in [0.15, 0.2) is 0 Å². The minimum absolute atomic E-state index is 1.08. The van der Waals surface area contributed by atoms with Crippen LogP contribution < -0.4 is 4.90 Å². The van der Waals surface area contributed by atoms with Gasteiger partial charge in [0.2, 0.25) is 0 Å². The summed E-state index contributed by atoms with van der Waals surface area (Å²) in [6.07, 6.45) is 0. The van der Waals surface area contributed by atoms with Gasteiger partial charge in [-0.3, -0.25) is 0 Å². The van der Waals surface area contributed by atoms with Crippen LogP contribution >= 0.6 is 0 Å². The zero-order chi connectivity index (χ0) is 41.2. The minimum Gasteiger partial charge on any atom is -0.310 e. The Labute approximate surface area is 362 Å². The Hall–Kier alpha value is -8.20. The molecule has 10 aromatic carbocycles. The van der Waals surface area contributed by atoms with Crippen molar-refractivity contribution < 1.29 is 0 Å². The van der Waals surface area contributed by atoms with Crippen molar-refractivity contribution in [2.45, 2.75) is 0 Å². The molecule has 0 bridgehead atoms. The van der Waals surface area contributed by atoms with Crippen LogP contribution in [0.4, 0.5) is 17.1 Å². The molecule has 11 rings (SSSR count). The van der Waals surface area contributed by atoms with Gasteiger partial charge < -0.3 is 9.47 Å². The Balaban J connectivity index is 1.05. The first-order chi connectivity index (χ1) is 30.8. The average Bonchev–Trinajstić information content (AvgIpc) is 3.70. The molecule has 0 aliphatic carbocycles. The number of hydrogen-bond donors (Lipinski definition) is 0. The summed E-state index contributed by atoms with van der Waals surface area (Å²) >= 11 is 0. The van der Waals surface area contributed by atoms with Crippen molar-refractivity contribution in [3.63, 3.8) is 0 Å². The van der Waals surface area contributed by atoms with Gasteiger partial charge in [-0.25, -0.2) is 0 Å². The quantitative estimate of drug-likeness (QED) is 0.141. The number of fused-ring (bicyclic) bond motifs is 3. The average molecular weight is 791 g/mol. The standard InChI is InChI=1S/C60H42N2/c1-4-16-43(17-5-1)45-28-30-49(31-29-45)54-22-10-13-25-58(54)61(50-36-32-46(33-37-50)44-18-6-2-7-19-44)52-40-41-53(57(42-52)47-20-8-3-9-21-47)48-34-38-51(39-35-48)62-59-26-14-11-23-55(59)56-24-12-15-27-60(56)62/h1-42H. The van der Waals surface area contributed by atoms with Crippen molar-refractivity contribution in [2.24, 2.45) is 0 Å². The van der Waals surface area contributed by atoms with E-state index in [2.05, 4.69) is 264 Å². The van der Waals surface area contributed by atoms with E-state index in [0.717, 1.165) is 39.4 Å². The highest BCUT2D eigenvalue weighted by Crippen LogP contribution is 2.45. The van der Waals surface area contributed by atoms with Gasteiger partial charge >= 0.3 is 0 Å². The van der Waals surface area contributed by atoms with E-state index >= 15 is 0 Å². The number of para-hydroxylation sites is 3. The van der Waals surface area contributed by atoms with Gasteiger partial charge in [-0.05, 0) is 105 Å². The molecular weight excluding hydrogens is 749 g/mol. The number of anilines is 3. The summed E-state index contributed by atoms with van der Waals surface area (Å²) < 4.78 is 2.38. The molecule has 2 nitrogen and oxygen atoms in total. The van der Waals surface area contributed by atoms with Crippen molar-refractivity contribution in [2.75, 3.05) is 4.90 Å². The lowest BCUT2D eigenvalue weighted by molar-refractivity contribution is 1.18. The largest absolute Gasteiger partial charge is 0.310 e. The normalized spacial score (nSPS) is 11.2. The molecule has 292 valence electrons. The molecule has 0 N–H and O–H groups in total. The van der Waals surface area contributed by atoms with Crippen molar-refractivity contribution in [3.05, 3.63) is 255 Å². The van der Waals surface area contributed by atoms with E-state index in [1.54, 1.807) is 0 Å². The Morgan fingerprint density at radius 3 is 1.26 bits per heavy atom. The molecule has 62 heavy (non-hydrogen) atoms. The first-order valence-electron chi connectivity index (χ1n) is 21.3. The molecule has 11 aromatic rings. The monoisotopic (exact) mass is 790 g/mol. The molecule has 1 heterocycles. The fourth-order valence-corrected chi connectivity index (χ4v) is 9.02. The summed E-state index contributed by atoms with van der Waals surface area (Å²) in [7, 11) is 0. The highest BCUT2D eigenvalue weighted by Gasteiger charge is 2.20. The van der Waals surface area contributed by atoms with Crippen LogP contribution in [0.1, 0.15) is 0 Å². The van der Waals surface area contributed by atoms with Crippen LogP contribution in [0.5, 0.6) is 0 Å². The maximum atomic E-state index is 2.41. The molecule has 0 aliphatic heterocycles. The Morgan fingerprint density at radius 2 is 0.661 bits per heavy atom. The molecule has 0 saturated carbocycles. The van der Waals surface area contributed by atoms with Crippen LogP contribution in [0.25, 0.3) is 83.1 Å². The van der Waals surface area contributed by atoms with Crippen LogP contribution in [-0.4, -0.2) is 4.57 Å². The van der Waals surface area contributed by atoms with E-state index in [1.807, 2.05) is 0 Å². The van der Waals surface area contributed by atoms with Crippen LogP contribution in [0.15, 0.2) is 255 Å². The SMILES string of the molecule is c1ccc(-c2ccc(-c3ccccc3N(c3ccc(-c4ccccc4)cc3)c3ccc(-c4ccc(-n5c6ccccc6c6ccccc65)cc4)c(-c4ccccc4)c3)cc2)cc1. The zero-order valence-electron chi connectivity index (χ0n) is 34.1. The number of rotatable bonds is 9. The maximum Gasteiger partial charge on any atom is 0.0541 e. The second-order valence-corrected chi connectivity index (χ2v) is 15.7. The molecule has 0 fully saturated rings. The van der Waals surface area contributed by atoms with Crippen LogP contribution in [-0.2, 0) is 0 Å². The number of nitrogens with zero attached hydrogens (tertiary/aromatic N) is 2. The van der Waals surface area contributed by atoms with Crippen LogP contribution in [0, 0.1) is 0 Å². The van der Waals surface area contributed by atoms with E-state index in [9.17, 15) is 0 Å². The topological polar surface area (TPSA) is 8.17 Å². The molecule has 0 unspecified atom stereocenters. The first kappa shape index (κ1) is 36.8. The zero-order valence-corrected chi connectivity index (χ0v) is 34.1. The summed E-state index contributed by atoms with van der Waals surface area (Å²) in [5, 5.41) is 2.53. The lowest BCUT2D eigenvalue weighted by atomic mass is 9.93. The molecule has 1 aromatic heterocycles. The van der Waals surface area contributed by atoms with Crippen molar-refractivity contribution in [1.29, 1.82) is 0 Å². The second kappa shape index (κ2) is 16.1. The molecular formula is C60H42N2. The van der Waals surface area contributed by atoms with Crippen molar-refractivity contribution in [3.8, 4) is 61.3 Å². The second-order valence-electron chi connectivity index (χ2n) is 15.7. The van der Waals surface area contributed by atoms with Gasteiger partial charge in [-0.1, -0.05) is 200 Å². The number of benzene rings is 10. The summed E-state index contributed by atoms with van der Waals surface area (Å²) in [5.41, 5.74) is 18.6. The third kappa shape index (κ3) is 6.84. The Kier molecular flexibility index (Phi) is 9.57. The van der Waals surface area contributed by atoms with E-state index in [1.165, 1.54) is 60.8 Å². The third-order valence-electron chi connectivity index (χ3n) is 12.0. The molecule has 2 heteroatoms. The van der Waals surface area contributed by atoms with Gasteiger partial charge in [0.25, 0.3) is 0 Å². The molecule has 0 radical (unpaired) electrons. The van der Waals surface area contributed by atoms with E-state index in [4.69, 9.17) is 0 Å². The summed E-state index contributed by atoms with van der Waals surface area (Å²) in [6, 6.07) is 92.1. The molecule has 0 aliphatic rings. The Morgan fingerprint density at radius 1 is 0.258 bits per heavy atom. The predicted molar refractivity (Wildman–Crippen MR) is 263 cm³/mol. The number of aromatic nitrogens is 1. The summed E-state index contributed by atoms with van der Waals surface area (Å²) in [5.74, 6) is 0. The highest BCUT2D eigenvalue weighted by atomic mass is 15.1. The fourth-order valence-electron chi connectivity index (χ4n) is 9.02. The van der Waals surface area contributed by atoms with E-state index < -0.39 is 0 Å². The summed E-state index contributed by atoms with van der Waals surface area (Å²) in [6.45, 7) is 0. The highest BCUT2D eigenvalue weighted by molar-refractivity contribution is 6.09. The van der Waals surface area contributed by atoms with Crippen LogP contribution in [0.2, 0.25) is 0 Å². The predicted octanol–water partition coefficient (Wildman–Crippen LogP) is 16.6. The van der Waals surface area contributed by atoms with Crippen molar-refractivity contribution in [1.82, 2.24) is 4.57 Å². The van der Waals surface area contributed by atoms with Gasteiger partial charge in [0, 0.05) is 33.4 Å². The van der Waals surface area contributed by atoms with E-state index in [0.29, 0.717) is 0 Å². The lowest BCUT2D eigenvalue weighted by Gasteiger charge is -2.29. The minimum atomic E-state index is 1.08. The lowest BCUT2D eigenvalue weighted by Crippen LogP contribution is -2.11. The fraction of sp³-hybridized carbons (Fsp3) is 0. The number of hydrogen-bond acceptors (Lipinski definition) is 1. The smallest absolute Gasteiger partial charge is 0.0541 e. The Bertz CT molecular complexity index is 3240. The molecule has 0 amide bonds. The van der Waals surface area contributed by atoms with Gasteiger partial charge in [0.05, 0.1) is 16.7 Å². The third-order valence-corrected chi connectivity index (χ3v) is 12.0. The molecule has 0 spiro atoms. The van der Waals surface area contributed by atoms with Crippen LogP contribution in [0.3, 0.4) is 0 Å². The summed E-state index contributed by atoms with van der Waals surface area (Å²) in [4.78, 5) is 2.41. The maximum absolute atomic E-state index is 2.41. The van der Waals surface area contributed by atoms with Gasteiger partial charge in [-0.15, -0.1) is 0 Å². The van der Waals surface area contributed by atoms with Crippen molar-refractivity contribution >= 4 is 38.9 Å².